The van der Waals surface area contributed by atoms with Crippen molar-refractivity contribution in [2.24, 2.45) is 166 Å². The molecule has 2 aliphatic heterocycles. The fraction of sp³-hybridized carbons (Fsp3) is 1.00. The Bertz CT molecular complexity index is 3040. The third-order valence-corrected chi connectivity index (χ3v) is 48.2. The molecule has 0 N–H and O–H groups in total. The van der Waals surface area contributed by atoms with Crippen LogP contribution in [-0.2, 0) is 0 Å². The van der Waals surface area contributed by atoms with E-state index in [0.717, 1.165) is 244 Å². The van der Waals surface area contributed by atoms with Crippen molar-refractivity contribution in [3.8, 4) is 0 Å². The zero-order chi connectivity index (χ0) is 79.1. The predicted octanol–water partition coefficient (Wildman–Crippen LogP) is 32.0. The van der Waals surface area contributed by atoms with Crippen LogP contribution in [0.1, 0.15) is 488 Å². The van der Waals surface area contributed by atoms with Crippen molar-refractivity contribution in [2.75, 3.05) is 0 Å². The molecule has 0 amide bonds. The average Bonchev–Trinajstić information content (AvgIpc) is 0.687. The summed E-state index contributed by atoms with van der Waals surface area (Å²) in [6, 6.07) is 7.63. The molecule has 0 bridgehead atoms. The fourth-order valence-electron chi connectivity index (χ4n) is 43.9. The summed E-state index contributed by atoms with van der Waals surface area (Å²) in [6.45, 7) is 0.995. The highest BCUT2D eigenvalue weighted by molar-refractivity contribution is 6.65. The molecular weight excluding hydrogens is 1450 g/mol. The molecule has 3 nitrogen and oxygen atoms in total. The molecule has 23 fully saturated rings. The number of fused-ring (bicyclic) bond motifs is 6. The Morgan fingerprint density at radius 3 is 0.817 bits per heavy atom. The van der Waals surface area contributed by atoms with E-state index in [0.29, 0.717) is 0 Å². The SMILES string of the molecule is C1CCC(C2CCC(N(C3CCC(C4CCCCC4)CC3)C3CC4C5B(C6CC(C7CCCCC7)CCC6N4C4C(C6CCCCC6)CC(C6CCCCC6)CC4C4CCCCC4)C4CC(C6CCC7C8CCCC9CCCC(C%10CCCC6C%107)C98)CCC4N(C4C(C6CCCCC6)CC(C6CCCCC6)CC4C4CCCCC4)C5C3)CC2)CC1. The summed E-state index contributed by atoms with van der Waals surface area (Å²) in [7, 11) is 0. The summed E-state index contributed by atoms with van der Waals surface area (Å²) in [4.78, 5) is 12.1. The summed E-state index contributed by atoms with van der Waals surface area (Å²) in [5.74, 6) is 32.1. The second-order valence-electron chi connectivity index (χ2n) is 52.5. The van der Waals surface area contributed by atoms with Crippen LogP contribution >= 0.6 is 0 Å². The van der Waals surface area contributed by atoms with Gasteiger partial charge in [-0.05, 0) is 337 Å². The molecule has 674 valence electrons. The molecule has 2 heterocycles. The lowest BCUT2D eigenvalue weighted by molar-refractivity contribution is -0.161. The summed E-state index contributed by atoms with van der Waals surface area (Å²) in [6.07, 6.45) is 122. The van der Waals surface area contributed by atoms with Crippen LogP contribution in [0.25, 0.3) is 0 Å². The highest BCUT2D eigenvalue weighted by atomic mass is 15.3. The number of hydrogen-bond donors (Lipinski definition) is 0. The molecule has 21 aliphatic carbocycles. The first kappa shape index (κ1) is 84.2. The predicted molar refractivity (Wildman–Crippen MR) is 505 cm³/mol. The van der Waals surface area contributed by atoms with Gasteiger partial charge in [0.15, 0.2) is 6.71 Å². The first-order valence-electron chi connectivity index (χ1n) is 58.9. The zero-order valence-corrected chi connectivity index (χ0v) is 78.8. The summed E-state index contributed by atoms with van der Waals surface area (Å²) >= 11 is 0. The van der Waals surface area contributed by atoms with Crippen LogP contribution in [0, 0.1) is 166 Å². The minimum absolute atomic E-state index is 0.796. The van der Waals surface area contributed by atoms with Crippen molar-refractivity contribution in [1.82, 2.24) is 14.7 Å². The van der Waals surface area contributed by atoms with Crippen LogP contribution in [0.5, 0.6) is 0 Å². The van der Waals surface area contributed by atoms with Gasteiger partial charge in [-0.15, -0.1) is 0 Å². The van der Waals surface area contributed by atoms with E-state index in [1.54, 1.807) is 475 Å². The van der Waals surface area contributed by atoms with Crippen molar-refractivity contribution in [1.29, 1.82) is 0 Å². The Hall–Kier alpha value is -0.0551. The molecule has 21 saturated carbocycles. The highest BCUT2D eigenvalue weighted by Gasteiger charge is 2.71. The quantitative estimate of drug-likeness (QED) is 0.151. The lowest BCUT2D eigenvalue weighted by atomic mass is 9.17. The number of rotatable bonds is 15. The van der Waals surface area contributed by atoms with Crippen molar-refractivity contribution in [2.45, 2.75) is 560 Å². The second kappa shape index (κ2) is 38.3. The fourth-order valence-corrected chi connectivity index (χ4v) is 43.9. The molecular formula is C116H192BN3. The van der Waals surface area contributed by atoms with E-state index in [1.165, 1.54) is 12.8 Å². The van der Waals surface area contributed by atoms with Gasteiger partial charge in [-0.3, -0.25) is 14.7 Å². The number of nitrogens with zero attached hydrogens (tertiary/aromatic N) is 3. The average molecular weight is 1640 g/mol. The van der Waals surface area contributed by atoms with Crippen molar-refractivity contribution < 1.29 is 0 Å². The first-order chi connectivity index (χ1) is 59.5. The van der Waals surface area contributed by atoms with E-state index >= 15 is 0 Å². The van der Waals surface area contributed by atoms with Gasteiger partial charge in [0.2, 0.25) is 0 Å². The standard InChI is InChI=1S/C116H192BN3/c1-10-31-77(32-11-1)82-55-61-93(62-56-82)118(94-63-57-83(58-64-94)78-33-12-2-13-34-78)95-75-110-114-111(76-95)120(116-104(86-45-24-8-25-46-86)71-92(81-39-18-5-19-40-81)72-105(116)87-47-26-9-27-48-87)109-68-60-90(96-65-66-101-99-52-29-50-88-49-28-51-98(112(88)99)100-54-30-53-97(96)113(100)101)74-107(109)117(114)106-73-89(79-35-14-3-15-36-79)59-67-108(106)119(110)115-102(84-41-20-6-21-42-84)69-91(80-37-16-4-17-38-80)70-103(115)85-43-22-7-23-44-85/h77-116H,1-76H2. The minimum Gasteiger partial charge on any atom is -0.295 e. The molecule has 23 aliphatic rings. The molecule has 120 heavy (non-hydrogen) atoms. The van der Waals surface area contributed by atoms with Gasteiger partial charge in [-0.1, -0.05) is 334 Å². The summed E-state index contributed by atoms with van der Waals surface area (Å²) < 4.78 is 0. The van der Waals surface area contributed by atoms with Crippen LogP contribution in [0.2, 0.25) is 17.5 Å². The van der Waals surface area contributed by atoms with Gasteiger partial charge in [-0.2, -0.15) is 0 Å². The van der Waals surface area contributed by atoms with Crippen LogP contribution in [0.4, 0.5) is 0 Å². The molecule has 0 aromatic heterocycles. The maximum atomic E-state index is 4.14. The van der Waals surface area contributed by atoms with E-state index in [1.807, 2.05) is 0 Å². The Labute approximate surface area is 742 Å². The maximum absolute atomic E-state index is 4.14. The minimum atomic E-state index is 0.796. The van der Waals surface area contributed by atoms with Crippen LogP contribution in [-0.4, -0.2) is 75.8 Å². The van der Waals surface area contributed by atoms with E-state index in [4.69, 9.17) is 0 Å². The highest BCUT2D eigenvalue weighted by Crippen LogP contribution is 2.72. The van der Waals surface area contributed by atoms with Gasteiger partial charge in [0, 0.05) is 54.4 Å². The van der Waals surface area contributed by atoms with Crippen LogP contribution < -0.4 is 0 Å². The molecule has 4 heteroatoms. The van der Waals surface area contributed by atoms with E-state index in [-0.39, 0.29) is 0 Å². The third-order valence-electron chi connectivity index (χ3n) is 48.2. The van der Waals surface area contributed by atoms with E-state index in [9.17, 15) is 0 Å². The molecule has 0 spiro atoms. The smallest absolute Gasteiger partial charge is 0.156 e. The maximum Gasteiger partial charge on any atom is 0.156 e. The van der Waals surface area contributed by atoms with Crippen LogP contribution in [0.3, 0.4) is 0 Å². The van der Waals surface area contributed by atoms with Gasteiger partial charge < -0.3 is 0 Å². The van der Waals surface area contributed by atoms with Gasteiger partial charge in [0.05, 0.1) is 0 Å². The lowest BCUT2D eigenvalue weighted by Crippen LogP contribution is -2.78. The zero-order valence-electron chi connectivity index (χ0n) is 78.8. The molecule has 23 rings (SSSR count). The molecule has 2 saturated heterocycles. The monoisotopic (exact) mass is 1640 g/mol. The number of hydrogen-bond acceptors (Lipinski definition) is 3. The molecule has 0 aromatic rings. The first-order valence-corrected chi connectivity index (χ1v) is 58.9. The van der Waals surface area contributed by atoms with E-state index < -0.39 is 0 Å². The van der Waals surface area contributed by atoms with Gasteiger partial charge in [0.25, 0.3) is 0 Å². The Morgan fingerprint density at radius 1 is 0.158 bits per heavy atom. The van der Waals surface area contributed by atoms with Crippen molar-refractivity contribution >= 4 is 6.71 Å². The Morgan fingerprint density at radius 2 is 0.433 bits per heavy atom. The van der Waals surface area contributed by atoms with Crippen molar-refractivity contribution in [3.05, 3.63) is 0 Å². The molecule has 23 unspecified atom stereocenters. The topological polar surface area (TPSA) is 9.72 Å². The molecule has 0 radical (unpaired) electrons. The second-order valence-corrected chi connectivity index (χ2v) is 52.5. The molecule has 23 atom stereocenters. The van der Waals surface area contributed by atoms with E-state index in [2.05, 4.69) is 14.7 Å². The van der Waals surface area contributed by atoms with Gasteiger partial charge in [0.1, 0.15) is 0 Å². The summed E-state index contributed by atoms with van der Waals surface area (Å²) in [5.41, 5.74) is 0. The largest absolute Gasteiger partial charge is 0.295 e. The third kappa shape index (κ3) is 16.5. The normalized spacial score (nSPS) is 48.6. The Kier molecular flexibility index (Phi) is 26.9. The lowest BCUT2D eigenvalue weighted by Gasteiger charge is -2.73. The van der Waals surface area contributed by atoms with Crippen LogP contribution in [0.15, 0.2) is 0 Å². The van der Waals surface area contributed by atoms with Gasteiger partial charge in [-0.25, -0.2) is 0 Å². The summed E-state index contributed by atoms with van der Waals surface area (Å²) in [5, 5.41) is 0. The van der Waals surface area contributed by atoms with Crippen molar-refractivity contribution in [3.63, 3.8) is 0 Å². The van der Waals surface area contributed by atoms with Gasteiger partial charge >= 0.3 is 0 Å². The molecule has 0 aromatic carbocycles. The Balaban J connectivity index is 0.711.